The number of aromatic nitrogens is 1. The summed E-state index contributed by atoms with van der Waals surface area (Å²) >= 11 is 6.15. The number of nitrogens with one attached hydrogen (secondary N) is 2. The zero-order valence-corrected chi connectivity index (χ0v) is 14.5. The van der Waals surface area contributed by atoms with E-state index in [1.165, 1.54) is 0 Å². The molecule has 0 atom stereocenters. The van der Waals surface area contributed by atoms with E-state index < -0.39 is 0 Å². The average molecular weight is 352 g/mol. The number of carbonyl (C=O) groups is 1. The number of anilines is 2. The molecule has 0 saturated heterocycles. The molecule has 0 bridgehead atoms. The zero-order chi connectivity index (χ0) is 17.6. The van der Waals surface area contributed by atoms with Crippen LogP contribution < -0.4 is 10.6 Å². The van der Waals surface area contributed by atoms with Gasteiger partial charge in [-0.3, -0.25) is 4.79 Å². The van der Waals surface area contributed by atoms with Gasteiger partial charge >= 0.3 is 0 Å². The summed E-state index contributed by atoms with van der Waals surface area (Å²) in [6.07, 6.45) is 1.61. The summed E-state index contributed by atoms with van der Waals surface area (Å²) in [6.45, 7) is 2.54. The van der Waals surface area contributed by atoms with Crippen molar-refractivity contribution < 1.29 is 4.79 Å². The lowest BCUT2D eigenvalue weighted by atomic mass is 10.2. The molecule has 1 heterocycles. The van der Waals surface area contributed by atoms with Crippen LogP contribution in [-0.2, 0) is 6.54 Å². The third-order valence-corrected chi connectivity index (χ3v) is 4.12. The lowest BCUT2D eigenvalue weighted by Gasteiger charge is -2.09. The highest BCUT2D eigenvalue weighted by Gasteiger charge is 2.08. The summed E-state index contributed by atoms with van der Waals surface area (Å²) in [5, 5.41) is 6.77. The molecule has 0 aliphatic carbocycles. The van der Waals surface area contributed by atoms with Gasteiger partial charge in [0, 0.05) is 29.0 Å². The number of aryl methyl sites for hydroxylation is 1. The van der Waals surface area contributed by atoms with Crippen molar-refractivity contribution in [2.45, 2.75) is 13.5 Å². The first-order valence-electron chi connectivity index (χ1n) is 7.93. The van der Waals surface area contributed by atoms with Crippen molar-refractivity contribution in [2.24, 2.45) is 0 Å². The topological polar surface area (TPSA) is 54.0 Å². The van der Waals surface area contributed by atoms with Gasteiger partial charge < -0.3 is 10.6 Å². The van der Waals surface area contributed by atoms with E-state index in [0.717, 1.165) is 16.8 Å². The van der Waals surface area contributed by atoms with E-state index in [2.05, 4.69) is 15.6 Å². The van der Waals surface area contributed by atoms with Gasteiger partial charge in [0.1, 0.15) is 5.82 Å². The molecule has 0 radical (unpaired) electrons. The van der Waals surface area contributed by atoms with Gasteiger partial charge in [0.15, 0.2) is 0 Å². The molecular weight excluding hydrogens is 334 g/mol. The van der Waals surface area contributed by atoms with Crippen LogP contribution in [0, 0.1) is 6.92 Å². The number of pyridine rings is 1. The molecule has 0 saturated carbocycles. The third-order valence-electron chi connectivity index (χ3n) is 3.75. The molecule has 0 spiro atoms. The maximum Gasteiger partial charge on any atom is 0.255 e. The lowest BCUT2D eigenvalue weighted by molar-refractivity contribution is 0.102. The number of carbonyl (C=O) groups excluding carboxylic acids is 1. The number of hydrogen-bond acceptors (Lipinski definition) is 3. The number of hydrogen-bond donors (Lipinski definition) is 2. The van der Waals surface area contributed by atoms with E-state index in [9.17, 15) is 4.79 Å². The van der Waals surface area contributed by atoms with E-state index in [1.54, 1.807) is 18.3 Å². The highest BCUT2D eigenvalue weighted by molar-refractivity contribution is 6.31. The maximum absolute atomic E-state index is 12.4. The van der Waals surface area contributed by atoms with Crippen molar-refractivity contribution in [3.8, 4) is 0 Å². The van der Waals surface area contributed by atoms with Crippen molar-refractivity contribution in [3.63, 3.8) is 0 Å². The smallest absolute Gasteiger partial charge is 0.255 e. The Morgan fingerprint density at radius 2 is 1.84 bits per heavy atom. The molecule has 4 nitrogen and oxygen atoms in total. The fraction of sp³-hybridized carbons (Fsp3) is 0.100. The van der Waals surface area contributed by atoms with Crippen LogP contribution >= 0.6 is 11.6 Å². The first-order valence-corrected chi connectivity index (χ1v) is 8.31. The molecule has 25 heavy (non-hydrogen) atoms. The van der Waals surface area contributed by atoms with Crippen LogP contribution in [-0.4, -0.2) is 10.9 Å². The van der Waals surface area contributed by atoms with E-state index >= 15 is 0 Å². The van der Waals surface area contributed by atoms with Gasteiger partial charge in [-0.05, 0) is 42.8 Å². The second kappa shape index (κ2) is 7.81. The third kappa shape index (κ3) is 4.58. The summed E-state index contributed by atoms with van der Waals surface area (Å²) in [5.41, 5.74) is 3.42. The standard InChI is InChI=1S/C20H18ClN3O/c1-14-6-8-17(9-7-14)24-20(25)15-10-11-22-19(12-15)23-13-16-4-2-3-5-18(16)21/h2-12H,13H2,1H3,(H,22,23)(H,24,25). The number of rotatable bonds is 5. The van der Waals surface area contributed by atoms with E-state index in [4.69, 9.17) is 11.6 Å². The van der Waals surface area contributed by atoms with Crippen LogP contribution in [0.4, 0.5) is 11.5 Å². The molecule has 0 unspecified atom stereocenters. The fourth-order valence-corrected chi connectivity index (χ4v) is 2.54. The number of benzene rings is 2. The van der Waals surface area contributed by atoms with Crippen LogP contribution in [0.15, 0.2) is 66.9 Å². The Morgan fingerprint density at radius 3 is 2.60 bits per heavy atom. The van der Waals surface area contributed by atoms with E-state index in [1.807, 2.05) is 55.5 Å². The minimum Gasteiger partial charge on any atom is -0.366 e. The van der Waals surface area contributed by atoms with Gasteiger partial charge in [0.2, 0.25) is 0 Å². The molecule has 2 N–H and O–H groups in total. The Hall–Kier alpha value is -2.85. The highest BCUT2D eigenvalue weighted by atomic mass is 35.5. The van der Waals surface area contributed by atoms with E-state index in [-0.39, 0.29) is 5.91 Å². The summed E-state index contributed by atoms with van der Waals surface area (Å²) in [6, 6.07) is 18.7. The molecule has 3 aromatic rings. The summed E-state index contributed by atoms with van der Waals surface area (Å²) in [4.78, 5) is 16.6. The molecule has 3 rings (SSSR count). The van der Waals surface area contributed by atoms with Gasteiger partial charge in [0.05, 0.1) is 0 Å². The molecular formula is C20H18ClN3O. The van der Waals surface area contributed by atoms with Crippen LogP contribution in [0.2, 0.25) is 5.02 Å². The van der Waals surface area contributed by atoms with Crippen LogP contribution in [0.1, 0.15) is 21.5 Å². The molecule has 126 valence electrons. The molecule has 0 fully saturated rings. The number of amides is 1. The molecule has 1 amide bonds. The maximum atomic E-state index is 12.4. The molecule has 0 aliphatic heterocycles. The van der Waals surface area contributed by atoms with Crippen molar-refractivity contribution in [1.82, 2.24) is 4.98 Å². The van der Waals surface area contributed by atoms with Crippen molar-refractivity contribution in [2.75, 3.05) is 10.6 Å². The first kappa shape index (κ1) is 17.0. The minimum atomic E-state index is -0.174. The number of nitrogens with zero attached hydrogens (tertiary/aromatic N) is 1. The fourth-order valence-electron chi connectivity index (χ4n) is 2.34. The lowest BCUT2D eigenvalue weighted by Crippen LogP contribution is -2.12. The second-order valence-electron chi connectivity index (χ2n) is 5.69. The minimum absolute atomic E-state index is 0.174. The Balaban J connectivity index is 1.67. The predicted octanol–water partition coefficient (Wildman–Crippen LogP) is 4.91. The molecule has 5 heteroatoms. The Labute approximate surface area is 151 Å². The first-order chi connectivity index (χ1) is 12.1. The van der Waals surface area contributed by atoms with Crippen LogP contribution in [0.25, 0.3) is 0 Å². The van der Waals surface area contributed by atoms with Crippen LogP contribution in [0.5, 0.6) is 0 Å². The van der Waals surface area contributed by atoms with Gasteiger partial charge in [-0.25, -0.2) is 4.98 Å². The normalized spacial score (nSPS) is 10.3. The van der Waals surface area contributed by atoms with Gasteiger partial charge in [-0.2, -0.15) is 0 Å². The molecule has 2 aromatic carbocycles. The summed E-state index contributed by atoms with van der Waals surface area (Å²) in [5.74, 6) is 0.448. The quantitative estimate of drug-likeness (QED) is 0.686. The summed E-state index contributed by atoms with van der Waals surface area (Å²) < 4.78 is 0. The predicted molar refractivity (Wildman–Crippen MR) is 102 cm³/mol. The van der Waals surface area contributed by atoms with Crippen molar-refractivity contribution in [1.29, 1.82) is 0 Å². The van der Waals surface area contributed by atoms with Gasteiger partial charge in [-0.15, -0.1) is 0 Å². The highest BCUT2D eigenvalue weighted by Crippen LogP contribution is 2.17. The zero-order valence-electron chi connectivity index (χ0n) is 13.8. The Bertz CT molecular complexity index is 878. The number of halogens is 1. The molecule has 0 aliphatic rings. The van der Waals surface area contributed by atoms with Crippen LogP contribution in [0.3, 0.4) is 0 Å². The van der Waals surface area contributed by atoms with Gasteiger partial charge in [-0.1, -0.05) is 47.5 Å². The Morgan fingerprint density at radius 1 is 1.08 bits per heavy atom. The largest absolute Gasteiger partial charge is 0.366 e. The van der Waals surface area contributed by atoms with Crippen molar-refractivity contribution in [3.05, 3.63) is 88.6 Å². The molecule has 1 aromatic heterocycles. The second-order valence-corrected chi connectivity index (χ2v) is 6.10. The van der Waals surface area contributed by atoms with E-state index in [0.29, 0.717) is 22.9 Å². The Kier molecular flexibility index (Phi) is 5.31. The van der Waals surface area contributed by atoms with Gasteiger partial charge in [0.25, 0.3) is 5.91 Å². The SMILES string of the molecule is Cc1ccc(NC(=O)c2ccnc(NCc3ccccc3Cl)c2)cc1. The monoisotopic (exact) mass is 351 g/mol. The summed E-state index contributed by atoms with van der Waals surface area (Å²) in [7, 11) is 0. The average Bonchev–Trinajstić information content (AvgIpc) is 2.63. The van der Waals surface area contributed by atoms with Crippen molar-refractivity contribution >= 4 is 29.0 Å².